The molecule has 0 radical (unpaired) electrons. The molecule has 1 aromatic carbocycles. The predicted molar refractivity (Wildman–Crippen MR) is 103 cm³/mol. The largest absolute Gasteiger partial charge is 0.373 e. The molecule has 0 bridgehead atoms. The van der Waals surface area contributed by atoms with Crippen LogP contribution in [0.1, 0.15) is 43.4 Å². The van der Waals surface area contributed by atoms with Gasteiger partial charge in [-0.2, -0.15) is 0 Å². The maximum atomic E-state index is 6.00. The van der Waals surface area contributed by atoms with Crippen molar-refractivity contribution in [3.63, 3.8) is 0 Å². The van der Waals surface area contributed by atoms with E-state index < -0.39 is 0 Å². The Bertz CT molecular complexity index is 461. The lowest BCUT2D eigenvalue weighted by Crippen LogP contribution is -2.33. The van der Waals surface area contributed by atoms with Crippen LogP contribution in [0.4, 0.5) is 0 Å². The van der Waals surface area contributed by atoms with E-state index >= 15 is 0 Å². The molecule has 0 amide bonds. The van der Waals surface area contributed by atoms with Crippen LogP contribution in [0.2, 0.25) is 0 Å². The minimum Gasteiger partial charge on any atom is -0.373 e. The van der Waals surface area contributed by atoms with E-state index in [0.29, 0.717) is 11.9 Å². The third kappa shape index (κ3) is 5.76. The second kappa shape index (κ2) is 10.0. The van der Waals surface area contributed by atoms with Gasteiger partial charge in [-0.1, -0.05) is 36.8 Å². The minimum absolute atomic E-state index is 0. The van der Waals surface area contributed by atoms with Gasteiger partial charge in [0.1, 0.15) is 0 Å². The Hall–Kier alpha value is -0.820. The topological polar surface area (TPSA) is 59.6 Å². The number of halogens is 1. The number of aryl methyl sites for hydroxylation is 1. The number of nitrogens with one attached hydrogen (secondary N) is 1. The van der Waals surface area contributed by atoms with Gasteiger partial charge in [0.25, 0.3) is 0 Å². The first-order valence-corrected chi connectivity index (χ1v) is 7.92. The van der Waals surface area contributed by atoms with Crippen molar-refractivity contribution in [2.45, 2.75) is 39.2 Å². The molecule has 1 aliphatic rings. The maximum Gasteiger partial charge on any atom is 0.188 e. The quantitative estimate of drug-likeness (QED) is 0.439. The van der Waals surface area contributed by atoms with E-state index in [1.165, 1.54) is 11.1 Å². The van der Waals surface area contributed by atoms with E-state index in [-0.39, 0.29) is 30.1 Å². The monoisotopic (exact) mass is 417 g/mol. The standard InChI is InChI=1S/C17H27N3O.HI/c1-3-10-19-17(18)20-12-15-5-4-11-21-16(15)14-8-6-13(2)7-9-14;/h6-9,15-16H,3-5,10-12H2,1-2H3,(H3,18,19,20);1H. The molecular formula is C17H28IN3O. The number of nitrogens with two attached hydrogens (primary N) is 1. The summed E-state index contributed by atoms with van der Waals surface area (Å²) in [5.41, 5.74) is 8.40. The first kappa shape index (κ1) is 19.2. The average molecular weight is 417 g/mol. The minimum atomic E-state index is 0. The maximum absolute atomic E-state index is 6.00. The second-order valence-electron chi connectivity index (χ2n) is 5.76. The Morgan fingerprint density at radius 1 is 1.36 bits per heavy atom. The van der Waals surface area contributed by atoms with Gasteiger partial charge in [-0.05, 0) is 31.7 Å². The third-order valence-electron chi connectivity index (χ3n) is 3.90. The van der Waals surface area contributed by atoms with E-state index in [1.54, 1.807) is 0 Å². The molecule has 4 nitrogen and oxygen atoms in total. The third-order valence-corrected chi connectivity index (χ3v) is 3.90. The number of nitrogens with zero attached hydrogens (tertiary/aromatic N) is 1. The normalized spacial score (nSPS) is 22.0. The molecule has 1 aromatic rings. The molecule has 2 atom stereocenters. The van der Waals surface area contributed by atoms with Crippen LogP contribution in [0, 0.1) is 12.8 Å². The molecule has 124 valence electrons. The molecule has 1 aliphatic heterocycles. The van der Waals surface area contributed by atoms with Crippen LogP contribution in [0.5, 0.6) is 0 Å². The number of guanidine groups is 1. The molecule has 2 rings (SSSR count). The number of ether oxygens (including phenoxy) is 1. The Labute approximate surface area is 150 Å². The Morgan fingerprint density at radius 3 is 2.77 bits per heavy atom. The zero-order valence-corrected chi connectivity index (χ0v) is 15.9. The molecule has 22 heavy (non-hydrogen) atoms. The lowest BCUT2D eigenvalue weighted by molar-refractivity contribution is -0.0250. The van der Waals surface area contributed by atoms with Crippen LogP contribution >= 0.6 is 24.0 Å². The Balaban J connectivity index is 0.00000242. The summed E-state index contributed by atoms with van der Waals surface area (Å²) in [5, 5.41) is 3.12. The number of benzene rings is 1. The molecule has 2 unspecified atom stereocenters. The van der Waals surface area contributed by atoms with E-state index in [1.807, 2.05) is 0 Å². The summed E-state index contributed by atoms with van der Waals surface area (Å²) >= 11 is 0. The fourth-order valence-corrected chi connectivity index (χ4v) is 2.68. The van der Waals surface area contributed by atoms with E-state index in [2.05, 4.69) is 48.4 Å². The van der Waals surface area contributed by atoms with Crippen LogP contribution < -0.4 is 11.1 Å². The SMILES string of the molecule is CCCNC(N)=NCC1CCCOC1c1ccc(C)cc1.I. The number of hydrogen-bond donors (Lipinski definition) is 2. The Kier molecular flexibility index (Phi) is 8.78. The highest BCUT2D eigenvalue weighted by Crippen LogP contribution is 2.33. The zero-order valence-electron chi connectivity index (χ0n) is 13.5. The summed E-state index contributed by atoms with van der Waals surface area (Å²) in [6.45, 7) is 6.65. The fourth-order valence-electron chi connectivity index (χ4n) is 2.68. The van der Waals surface area contributed by atoms with Gasteiger partial charge in [0.15, 0.2) is 5.96 Å². The van der Waals surface area contributed by atoms with Crippen LogP contribution in [0.15, 0.2) is 29.3 Å². The van der Waals surface area contributed by atoms with Gasteiger partial charge in [0.05, 0.1) is 6.10 Å². The number of aliphatic imine (C=N–C) groups is 1. The van der Waals surface area contributed by atoms with Crippen LogP contribution in [-0.2, 0) is 4.74 Å². The highest BCUT2D eigenvalue weighted by molar-refractivity contribution is 14.0. The van der Waals surface area contributed by atoms with Crippen molar-refractivity contribution in [1.29, 1.82) is 0 Å². The molecule has 0 aromatic heterocycles. The van der Waals surface area contributed by atoms with E-state index in [4.69, 9.17) is 10.5 Å². The van der Waals surface area contributed by atoms with Gasteiger partial charge in [-0.15, -0.1) is 24.0 Å². The summed E-state index contributed by atoms with van der Waals surface area (Å²) in [6.07, 6.45) is 3.44. The van der Waals surface area contributed by atoms with Crippen molar-refractivity contribution in [1.82, 2.24) is 5.32 Å². The second-order valence-corrected chi connectivity index (χ2v) is 5.76. The van der Waals surface area contributed by atoms with Gasteiger partial charge in [0, 0.05) is 25.6 Å². The molecule has 1 fully saturated rings. The lowest BCUT2D eigenvalue weighted by Gasteiger charge is -2.31. The molecule has 5 heteroatoms. The van der Waals surface area contributed by atoms with Crippen molar-refractivity contribution < 1.29 is 4.74 Å². The Morgan fingerprint density at radius 2 is 2.09 bits per heavy atom. The molecule has 1 saturated heterocycles. The first-order chi connectivity index (χ1) is 10.2. The summed E-state index contributed by atoms with van der Waals surface area (Å²) in [5.74, 6) is 0.952. The molecule has 0 saturated carbocycles. The van der Waals surface area contributed by atoms with Crippen molar-refractivity contribution in [2.24, 2.45) is 16.6 Å². The van der Waals surface area contributed by atoms with Crippen molar-refractivity contribution in [3.05, 3.63) is 35.4 Å². The molecule has 0 spiro atoms. The predicted octanol–water partition coefficient (Wildman–Crippen LogP) is 3.40. The van der Waals surface area contributed by atoms with Crippen LogP contribution in [-0.4, -0.2) is 25.7 Å². The number of rotatable bonds is 5. The van der Waals surface area contributed by atoms with Crippen LogP contribution in [0.25, 0.3) is 0 Å². The molecule has 3 N–H and O–H groups in total. The fraction of sp³-hybridized carbons (Fsp3) is 0.588. The number of hydrogen-bond acceptors (Lipinski definition) is 2. The molecular weight excluding hydrogens is 389 g/mol. The van der Waals surface area contributed by atoms with Crippen molar-refractivity contribution in [3.8, 4) is 0 Å². The smallest absolute Gasteiger partial charge is 0.188 e. The van der Waals surface area contributed by atoms with Crippen molar-refractivity contribution in [2.75, 3.05) is 19.7 Å². The van der Waals surface area contributed by atoms with Gasteiger partial charge < -0.3 is 15.8 Å². The van der Waals surface area contributed by atoms with Crippen LogP contribution in [0.3, 0.4) is 0 Å². The highest BCUT2D eigenvalue weighted by Gasteiger charge is 2.27. The molecule has 0 aliphatic carbocycles. The van der Waals surface area contributed by atoms with Gasteiger partial charge >= 0.3 is 0 Å². The lowest BCUT2D eigenvalue weighted by atomic mass is 9.89. The van der Waals surface area contributed by atoms with E-state index in [9.17, 15) is 0 Å². The first-order valence-electron chi connectivity index (χ1n) is 7.92. The summed E-state index contributed by atoms with van der Waals surface area (Å²) in [4.78, 5) is 4.48. The van der Waals surface area contributed by atoms with E-state index in [0.717, 1.165) is 39.0 Å². The zero-order chi connectivity index (χ0) is 15.1. The van der Waals surface area contributed by atoms with Gasteiger partial charge in [0.2, 0.25) is 0 Å². The summed E-state index contributed by atoms with van der Waals surface area (Å²) < 4.78 is 6.00. The van der Waals surface area contributed by atoms with Crippen molar-refractivity contribution >= 4 is 29.9 Å². The van der Waals surface area contributed by atoms with Gasteiger partial charge in [-0.3, -0.25) is 4.99 Å². The average Bonchev–Trinajstić information content (AvgIpc) is 2.52. The molecule has 1 heterocycles. The summed E-state index contributed by atoms with van der Waals surface area (Å²) in [7, 11) is 0. The highest BCUT2D eigenvalue weighted by atomic mass is 127. The summed E-state index contributed by atoms with van der Waals surface area (Å²) in [6, 6.07) is 8.62. The van der Waals surface area contributed by atoms with Gasteiger partial charge in [-0.25, -0.2) is 0 Å².